The van der Waals surface area contributed by atoms with E-state index in [0.717, 1.165) is 9.91 Å². The van der Waals surface area contributed by atoms with Crippen molar-refractivity contribution < 1.29 is 31.5 Å². The molecule has 1 aromatic heterocycles. The van der Waals surface area contributed by atoms with Gasteiger partial charge in [-0.1, -0.05) is 0 Å². The van der Waals surface area contributed by atoms with Gasteiger partial charge in [0.15, 0.2) is 0 Å². The molecule has 1 atom stereocenters. The van der Waals surface area contributed by atoms with Gasteiger partial charge < -0.3 is 0 Å². The van der Waals surface area contributed by atoms with Crippen LogP contribution in [-0.4, -0.2) is 55.0 Å². The van der Waals surface area contributed by atoms with E-state index in [2.05, 4.69) is 5.32 Å². The van der Waals surface area contributed by atoms with E-state index >= 15 is 0 Å². The van der Waals surface area contributed by atoms with Crippen molar-refractivity contribution in [3.05, 3.63) is 77.6 Å². The zero-order chi connectivity index (χ0) is 25.9. The van der Waals surface area contributed by atoms with Crippen LogP contribution in [0.2, 0.25) is 0 Å². The summed E-state index contributed by atoms with van der Waals surface area (Å²) in [5.74, 6) is 0.705. The van der Waals surface area contributed by atoms with Crippen LogP contribution in [0.15, 0.2) is 65.1 Å². The van der Waals surface area contributed by atoms with E-state index in [0.29, 0.717) is 39.4 Å². The number of furan rings is 1. The molecule has 1 amide bonds. The van der Waals surface area contributed by atoms with Gasteiger partial charge in [-0.25, -0.2) is 0 Å². The fourth-order valence-electron chi connectivity index (χ4n) is 3.67. The normalized spacial score (nSPS) is 11.8. The Labute approximate surface area is 215 Å². The Hall–Kier alpha value is -3.29. The minimum absolute atomic E-state index is 0.0435. The first-order valence-corrected chi connectivity index (χ1v) is 15.5. The molecule has 0 saturated heterocycles. The molecule has 0 radical (unpaired) electrons. The van der Waals surface area contributed by atoms with Gasteiger partial charge in [0.1, 0.15) is 0 Å². The van der Waals surface area contributed by atoms with E-state index in [1.165, 1.54) is 37.6 Å². The Balaban J connectivity index is 1.82. The van der Waals surface area contributed by atoms with Crippen LogP contribution in [0.4, 0.5) is 4.39 Å². The average molecular weight is 573 g/mol. The topological polar surface area (TPSA) is 94.8 Å². The second-order valence-electron chi connectivity index (χ2n) is 8.12. The number of sulfone groups is 1. The first-order chi connectivity index (χ1) is 17.2. The Morgan fingerprint density at radius 1 is 1.11 bits per heavy atom. The van der Waals surface area contributed by atoms with E-state index in [1.807, 2.05) is 24.3 Å². The van der Waals surface area contributed by atoms with E-state index in [1.54, 1.807) is 19.2 Å². The molecular formula is C26H25AsFNO6S. The molecule has 0 bridgehead atoms. The molecule has 0 aliphatic heterocycles. The van der Waals surface area contributed by atoms with Crippen molar-refractivity contribution in [3.63, 3.8) is 0 Å². The van der Waals surface area contributed by atoms with Gasteiger partial charge in [-0.2, -0.15) is 0 Å². The van der Waals surface area contributed by atoms with Gasteiger partial charge >= 0.3 is 216 Å². The maximum absolute atomic E-state index is 13.5. The van der Waals surface area contributed by atoms with Crippen LogP contribution in [0.5, 0.6) is 11.5 Å². The van der Waals surface area contributed by atoms with Crippen molar-refractivity contribution in [2.45, 2.75) is 6.61 Å². The number of rotatable bonds is 9. The summed E-state index contributed by atoms with van der Waals surface area (Å²) in [6, 6.07) is 16.6. The number of amides is 1. The van der Waals surface area contributed by atoms with Crippen LogP contribution >= 0.6 is 0 Å². The Morgan fingerprint density at radius 3 is 2.53 bits per heavy atom. The van der Waals surface area contributed by atoms with Gasteiger partial charge in [0, 0.05) is 0 Å². The fraction of sp³-hybridized carbons (Fsp3) is 0.192. The SMILES string of the molecule is CNC(=O)c1c(-c2ccc(F)cc2)oc2cc([AsH]CS(C)(=O)=O)c(OCc3cccc(OC)c3)cc12. The minimum atomic E-state index is -3.18. The maximum atomic E-state index is 13.5. The summed E-state index contributed by atoms with van der Waals surface area (Å²) in [4.78, 5) is 12.9. The van der Waals surface area contributed by atoms with Crippen LogP contribution in [0.1, 0.15) is 15.9 Å². The van der Waals surface area contributed by atoms with Crippen molar-refractivity contribution >= 4 is 46.8 Å². The quantitative estimate of drug-likeness (QED) is 0.309. The second-order valence-corrected chi connectivity index (χ2v) is 14.0. The molecule has 1 N–H and O–H groups in total. The third-order valence-electron chi connectivity index (χ3n) is 5.40. The van der Waals surface area contributed by atoms with Crippen molar-refractivity contribution in [2.75, 3.05) is 25.0 Å². The molecule has 4 aromatic rings. The molecule has 0 spiro atoms. The summed E-state index contributed by atoms with van der Waals surface area (Å²) < 4.78 is 55.6. The molecule has 4 rings (SSSR count). The van der Waals surface area contributed by atoms with Crippen molar-refractivity contribution in [3.8, 4) is 22.8 Å². The fourth-order valence-corrected chi connectivity index (χ4v) is 7.87. The summed E-state index contributed by atoms with van der Waals surface area (Å²) >= 11 is -1.14. The number of nitrogens with one attached hydrogen (secondary N) is 1. The van der Waals surface area contributed by atoms with Gasteiger partial charge in [-0.15, -0.1) is 0 Å². The third-order valence-corrected chi connectivity index (χ3v) is 11.9. The van der Waals surface area contributed by atoms with E-state index in [-0.39, 0.29) is 17.1 Å². The molecule has 1 heterocycles. The molecule has 0 fully saturated rings. The molecule has 7 nitrogen and oxygen atoms in total. The number of hydrogen-bond acceptors (Lipinski definition) is 6. The first kappa shape index (κ1) is 25.8. The Bertz CT molecular complexity index is 1520. The number of benzene rings is 3. The van der Waals surface area contributed by atoms with Crippen LogP contribution in [0.25, 0.3) is 22.3 Å². The summed E-state index contributed by atoms with van der Waals surface area (Å²) in [5.41, 5.74) is 2.13. The number of carbonyl (C=O) groups is 1. The molecular weight excluding hydrogens is 548 g/mol. The molecule has 36 heavy (non-hydrogen) atoms. The van der Waals surface area contributed by atoms with E-state index in [4.69, 9.17) is 13.9 Å². The van der Waals surface area contributed by atoms with Gasteiger partial charge in [-0.05, 0) is 0 Å². The number of carbonyl (C=O) groups excluding carboxylic acids is 1. The first-order valence-electron chi connectivity index (χ1n) is 10.9. The number of halogens is 1. The third kappa shape index (κ3) is 5.91. The zero-order valence-electron chi connectivity index (χ0n) is 19.9. The van der Waals surface area contributed by atoms with Crippen LogP contribution in [0.3, 0.4) is 0 Å². The van der Waals surface area contributed by atoms with Gasteiger partial charge in [0.2, 0.25) is 0 Å². The average Bonchev–Trinajstić information content (AvgIpc) is 3.23. The predicted molar refractivity (Wildman–Crippen MR) is 139 cm³/mol. The zero-order valence-corrected chi connectivity index (χ0v) is 22.8. The molecule has 3 aromatic carbocycles. The number of ether oxygens (including phenoxy) is 2. The molecule has 1 unspecified atom stereocenters. The Morgan fingerprint density at radius 2 is 1.86 bits per heavy atom. The summed E-state index contributed by atoms with van der Waals surface area (Å²) in [6.07, 6.45) is 1.20. The molecule has 10 heteroatoms. The van der Waals surface area contributed by atoms with Gasteiger partial charge in [0.05, 0.1) is 0 Å². The molecule has 188 valence electrons. The Kier molecular flexibility index (Phi) is 7.71. The van der Waals surface area contributed by atoms with Crippen molar-refractivity contribution in [1.29, 1.82) is 0 Å². The number of fused-ring (bicyclic) bond motifs is 1. The van der Waals surface area contributed by atoms with Gasteiger partial charge in [-0.3, -0.25) is 0 Å². The summed E-state index contributed by atoms with van der Waals surface area (Å²) in [6.45, 7) is 0.221. The number of methoxy groups -OCH3 is 1. The summed E-state index contributed by atoms with van der Waals surface area (Å²) in [5, 5.41) is 3.15. The van der Waals surface area contributed by atoms with E-state index < -0.39 is 31.4 Å². The molecule has 0 saturated carbocycles. The van der Waals surface area contributed by atoms with E-state index in [9.17, 15) is 17.6 Å². The monoisotopic (exact) mass is 573 g/mol. The van der Waals surface area contributed by atoms with Crippen LogP contribution < -0.4 is 19.1 Å². The predicted octanol–water partition coefficient (Wildman–Crippen LogP) is 3.25. The van der Waals surface area contributed by atoms with Crippen LogP contribution in [0, 0.1) is 5.82 Å². The standard InChI is InChI=1S/C26H25AsFNO6S/c1-29-26(30)24-20-12-23(34-14-16-5-4-6-19(11-16)33-2)21(27-15-36(3,31)32)13-22(20)35-25(24)17-7-9-18(28)10-8-17/h4-13,27H,14-15H2,1-3H3,(H,29,30). The second kappa shape index (κ2) is 10.8. The number of hydrogen-bond donors (Lipinski definition) is 1. The molecule has 0 aliphatic rings. The van der Waals surface area contributed by atoms with Crippen LogP contribution in [-0.2, 0) is 16.4 Å². The van der Waals surface area contributed by atoms with Gasteiger partial charge in [0.25, 0.3) is 0 Å². The van der Waals surface area contributed by atoms with Crippen molar-refractivity contribution in [1.82, 2.24) is 5.32 Å². The summed E-state index contributed by atoms with van der Waals surface area (Å²) in [7, 11) is -0.0828. The molecule has 0 aliphatic carbocycles. The van der Waals surface area contributed by atoms with Crippen molar-refractivity contribution in [2.24, 2.45) is 0 Å².